The third kappa shape index (κ3) is 6.09. The van der Waals surface area contributed by atoms with E-state index in [0.717, 1.165) is 25.3 Å². The Hall–Kier alpha value is -1.40. The van der Waals surface area contributed by atoms with Gasteiger partial charge < -0.3 is 10.6 Å². The second-order valence-corrected chi connectivity index (χ2v) is 6.03. The summed E-state index contributed by atoms with van der Waals surface area (Å²) in [5.41, 5.74) is 2.81. The smallest absolute Gasteiger partial charge is 0.258 e. The van der Waals surface area contributed by atoms with Gasteiger partial charge in [0.15, 0.2) is 0 Å². The second kappa shape index (κ2) is 11.3. The monoisotopic (exact) mass is 403 g/mol. The minimum atomic E-state index is -2.38. The molecule has 0 unspecified atom stereocenters. The molecule has 144 valence electrons. The second-order valence-electron chi connectivity index (χ2n) is 6.03. The van der Waals surface area contributed by atoms with Crippen LogP contribution in [-0.2, 0) is 6.54 Å². The summed E-state index contributed by atoms with van der Waals surface area (Å²) in [7, 11) is 0. The number of anilines is 1. The molecule has 1 heterocycles. The largest absolute Gasteiger partial charge is 0.381 e. The van der Waals surface area contributed by atoms with Gasteiger partial charge in [0.05, 0.1) is 6.04 Å². The fourth-order valence-corrected chi connectivity index (χ4v) is 3.07. The highest BCUT2D eigenvalue weighted by molar-refractivity contribution is 5.85. The van der Waals surface area contributed by atoms with Crippen molar-refractivity contribution in [2.75, 3.05) is 31.5 Å². The third-order valence-electron chi connectivity index (χ3n) is 4.38. The van der Waals surface area contributed by atoms with Gasteiger partial charge >= 0.3 is 0 Å². The van der Waals surface area contributed by atoms with Gasteiger partial charge in [-0.15, -0.1) is 24.8 Å². The minimum Gasteiger partial charge on any atom is -0.381 e. The van der Waals surface area contributed by atoms with Crippen LogP contribution < -0.4 is 10.6 Å². The molecule has 26 heavy (non-hydrogen) atoms. The number of hydrogen-bond acceptors (Lipinski definition) is 3. The number of nitrogens with one attached hydrogen (secondary N) is 2. The van der Waals surface area contributed by atoms with E-state index < -0.39 is 12.5 Å². The number of benzene rings is 2. The van der Waals surface area contributed by atoms with Crippen molar-refractivity contribution in [1.29, 1.82) is 0 Å². The minimum absolute atomic E-state index is 0. The summed E-state index contributed by atoms with van der Waals surface area (Å²) >= 11 is 0. The predicted octanol–water partition coefficient (Wildman–Crippen LogP) is 4.35. The zero-order chi connectivity index (χ0) is 16.8. The van der Waals surface area contributed by atoms with Gasteiger partial charge in [0.2, 0.25) is 0 Å². The number of hydrogen-bond donors (Lipinski definition) is 2. The van der Waals surface area contributed by atoms with Gasteiger partial charge in [-0.2, -0.15) is 0 Å². The van der Waals surface area contributed by atoms with Crippen LogP contribution in [0.25, 0.3) is 0 Å². The lowest BCUT2D eigenvalue weighted by Crippen LogP contribution is -2.46. The van der Waals surface area contributed by atoms with E-state index in [-0.39, 0.29) is 24.8 Å². The van der Waals surface area contributed by atoms with Gasteiger partial charge in [0.1, 0.15) is 0 Å². The quantitative estimate of drug-likeness (QED) is 0.750. The van der Waals surface area contributed by atoms with Crippen LogP contribution in [0, 0.1) is 0 Å². The molecule has 1 aliphatic rings. The Labute approximate surface area is 166 Å². The summed E-state index contributed by atoms with van der Waals surface area (Å²) < 4.78 is 27.1. The van der Waals surface area contributed by atoms with Crippen LogP contribution in [0.1, 0.15) is 17.2 Å². The van der Waals surface area contributed by atoms with Gasteiger partial charge in [0, 0.05) is 38.4 Å². The Balaban J connectivity index is 0.00000169. The van der Waals surface area contributed by atoms with Crippen molar-refractivity contribution in [1.82, 2.24) is 10.2 Å². The van der Waals surface area contributed by atoms with Gasteiger partial charge in [0.25, 0.3) is 6.43 Å². The lowest BCUT2D eigenvalue weighted by Gasteiger charge is -2.34. The molecule has 0 bridgehead atoms. The van der Waals surface area contributed by atoms with E-state index in [1.165, 1.54) is 5.56 Å². The summed E-state index contributed by atoms with van der Waals surface area (Å²) in [6, 6.07) is 16.7. The number of piperazine rings is 1. The molecule has 0 radical (unpaired) electrons. The van der Waals surface area contributed by atoms with Crippen molar-refractivity contribution in [2.45, 2.75) is 19.0 Å². The number of halogens is 4. The maximum atomic E-state index is 13.6. The first-order valence-electron chi connectivity index (χ1n) is 8.35. The van der Waals surface area contributed by atoms with E-state index in [1.807, 2.05) is 47.4 Å². The zero-order valence-electron chi connectivity index (χ0n) is 14.4. The van der Waals surface area contributed by atoms with Crippen molar-refractivity contribution in [2.24, 2.45) is 0 Å². The van der Waals surface area contributed by atoms with Crippen molar-refractivity contribution in [3.63, 3.8) is 0 Å². The van der Waals surface area contributed by atoms with Crippen molar-refractivity contribution in [3.8, 4) is 0 Å². The van der Waals surface area contributed by atoms with Crippen LogP contribution in [0.2, 0.25) is 0 Å². The highest BCUT2D eigenvalue weighted by Crippen LogP contribution is 2.28. The van der Waals surface area contributed by atoms with Crippen LogP contribution in [0.4, 0.5) is 14.5 Å². The molecule has 3 nitrogen and oxygen atoms in total. The standard InChI is InChI=1S/C19H23F2N3.2ClH/c20-19(21)18(24-12-10-22-11-13-24)16-6-8-17(9-7-16)23-14-15-4-2-1-3-5-15;;/h1-9,18-19,22-23H,10-14H2;2*1H/t18-;;/m1../s1. The van der Waals surface area contributed by atoms with Crippen LogP contribution in [0.3, 0.4) is 0 Å². The van der Waals surface area contributed by atoms with Gasteiger partial charge in [-0.3, -0.25) is 4.90 Å². The Morgan fingerprint density at radius 1 is 0.923 bits per heavy atom. The van der Waals surface area contributed by atoms with Crippen LogP contribution in [-0.4, -0.2) is 37.5 Å². The summed E-state index contributed by atoms with van der Waals surface area (Å²) in [4.78, 5) is 1.87. The number of alkyl halides is 2. The molecule has 0 aliphatic carbocycles. The predicted molar refractivity (Wildman–Crippen MR) is 108 cm³/mol. The van der Waals surface area contributed by atoms with Crippen LogP contribution in [0.15, 0.2) is 54.6 Å². The maximum absolute atomic E-state index is 13.6. The Morgan fingerprint density at radius 2 is 1.54 bits per heavy atom. The maximum Gasteiger partial charge on any atom is 0.258 e. The summed E-state index contributed by atoms with van der Waals surface area (Å²) in [6.45, 7) is 3.56. The number of rotatable bonds is 6. The zero-order valence-corrected chi connectivity index (χ0v) is 16.0. The molecule has 0 amide bonds. The van der Waals surface area contributed by atoms with E-state index in [9.17, 15) is 8.78 Å². The van der Waals surface area contributed by atoms with Crippen molar-refractivity contribution >= 4 is 30.5 Å². The van der Waals surface area contributed by atoms with Gasteiger partial charge in [-0.25, -0.2) is 8.78 Å². The molecule has 2 aromatic carbocycles. The molecule has 1 atom stereocenters. The molecule has 7 heteroatoms. The van der Waals surface area contributed by atoms with E-state index in [0.29, 0.717) is 18.7 Å². The fraction of sp³-hybridized carbons (Fsp3) is 0.368. The Bertz CT molecular complexity index is 620. The molecule has 1 fully saturated rings. The topological polar surface area (TPSA) is 27.3 Å². The van der Waals surface area contributed by atoms with Gasteiger partial charge in [-0.1, -0.05) is 42.5 Å². The van der Waals surface area contributed by atoms with Crippen molar-refractivity contribution in [3.05, 3.63) is 65.7 Å². The van der Waals surface area contributed by atoms with Crippen LogP contribution >= 0.6 is 24.8 Å². The average Bonchev–Trinajstić information content (AvgIpc) is 2.63. The highest BCUT2D eigenvalue weighted by Gasteiger charge is 2.29. The molecule has 2 aromatic rings. The molecule has 0 aromatic heterocycles. The molecule has 0 spiro atoms. The molecule has 1 saturated heterocycles. The average molecular weight is 404 g/mol. The first-order valence-corrected chi connectivity index (χ1v) is 8.35. The molecule has 0 saturated carbocycles. The summed E-state index contributed by atoms with van der Waals surface area (Å²) in [6.07, 6.45) is -2.38. The Morgan fingerprint density at radius 3 is 2.12 bits per heavy atom. The van der Waals surface area contributed by atoms with Crippen LogP contribution in [0.5, 0.6) is 0 Å². The SMILES string of the molecule is Cl.Cl.FC(F)[C@@H](c1ccc(NCc2ccccc2)cc1)N1CCNCC1. The fourth-order valence-electron chi connectivity index (χ4n) is 3.07. The van der Waals surface area contributed by atoms with E-state index in [2.05, 4.69) is 22.8 Å². The molecular weight excluding hydrogens is 379 g/mol. The van der Waals surface area contributed by atoms with E-state index in [4.69, 9.17) is 0 Å². The van der Waals surface area contributed by atoms with E-state index >= 15 is 0 Å². The van der Waals surface area contributed by atoms with E-state index in [1.54, 1.807) is 0 Å². The molecule has 3 rings (SSSR count). The Kier molecular flexibility index (Phi) is 9.88. The lowest BCUT2D eigenvalue weighted by atomic mass is 10.0. The summed E-state index contributed by atoms with van der Waals surface area (Å²) in [5.74, 6) is 0. The summed E-state index contributed by atoms with van der Waals surface area (Å²) in [5, 5.41) is 6.53. The molecular formula is C19H25Cl2F2N3. The van der Waals surface area contributed by atoms with Gasteiger partial charge in [-0.05, 0) is 23.3 Å². The highest BCUT2D eigenvalue weighted by atomic mass is 35.5. The third-order valence-corrected chi connectivity index (χ3v) is 4.38. The lowest BCUT2D eigenvalue weighted by molar-refractivity contribution is 0.0182. The first-order chi connectivity index (χ1) is 11.7. The molecule has 2 N–H and O–H groups in total. The normalized spacial score (nSPS) is 15.7. The first kappa shape index (κ1) is 22.6. The van der Waals surface area contributed by atoms with Crippen molar-refractivity contribution < 1.29 is 8.78 Å². The number of nitrogens with zero attached hydrogens (tertiary/aromatic N) is 1. The molecule has 1 aliphatic heterocycles.